The van der Waals surface area contributed by atoms with E-state index in [0.717, 1.165) is 12.4 Å². The minimum absolute atomic E-state index is 0.301. The summed E-state index contributed by atoms with van der Waals surface area (Å²) in [5.74, 6) is 1.76. The van der Waals surface area contributed by atoms with Gasteiger partial charge in [0, 0.05) is 18.2 Å². The van der Waals surface area contributed by atoms with Gasteiger partial charge in [-0.25, -0.2) is 15.0 Å². The first kappa shape index (κ1) is 7.97. The summed E-state index contributed by atoms with van der Waals surface area (Å²) in [5, 5.41) is 5.97. The van der Waals surface area contributed by atoms with Crippen LogP contribution in [0.2, 0.25) is 0 Å². The lowest BCUT2D eigenvalue weighted by Crippen LogP contribution is -2.20. The minimum Gasteiger partial charge on any atom is -0.385 e. The number of nitrogens with zero attached hydrogens (tertiary/aromatic N) is 4. The van der Waals surface area contributed by atoms with Crippen LogP contribution < -0.4 is 10.7 Å². The summed E-state index contributed by atoms with van der Waals surface area (Å²) in [6, 6.07) is 1.81. The topological polar surface area (TPSA) is 67.4 Å². The van der Waals surface area contributed by atoms with E-state index >= 15 is 0 Å². The van der Waals surface area contributed by atoms with Crippen LogP contribution in [0.25, 0.3) is 0 Å². The Morgan fingerprint density at radius 1 is 1.62 bits per heavy atom. The molecule has 0 spiro atoms. The molecule has 1 unspecified atom stereocenters. The van der Waals surface area contributed by atoms with E-state index in [9.17, 15) is 0 Å². The smallest absolute Gasteiger partial charge is 0.152 e. The molecule has 0 aliphatic carbocycles. The first-order chi connectivity index (χ1) is 6.27. The third-order valence-corrected chi connectivity index (χ3v) is 2.02. The van der Waals surface area contributed by atoms with Crippen molar-refractivity contribution in [3.05, 3.63) is 18.6 Å². The molecule has 68 valence electrons. The van der Waals surface area contributed by atoms with E-state index in [-0.39, 0.29) is 0 Å². The summed E-state index contributed by atoms with van der Waals surface area (Å²) in [4.78, 5) is 7.92. The average Bonchev–Trinajstić information content (AvgIpc) is 2.49. The van der Waals surface area contributed by atoms with Gasteiger partial charge in [0.15, 0.2) is 5.82 Å². The summed E-state index contributed by atoms with van der Waals surface area (Å²) in [7, 11) is 0. The van der Waals surface area contributed by atoms with Gasteiger partial charge >= 0.3 is 0 Å². The average molecular weight is 177 g/mol. The second-order valence-corrected chi connectivity index (χ2v) is 3.08. The minimum atomic E-state index is 0.301. The summed E-state index contributed by atoms with van der Waals surface area (Å²) >= 11 is 0. The lowest BCUT2D eigenvalue weighted by Gasteiger charge is -2.11. The van der Waals surface area contributed by atoms with Gasteiger partial charge in [-0.3, -0.25) is 0 Å². The Labute approximate surface area is 76.3 Å². The molecular weight excluding hydrogens is 166 g/mol. The normalized spacial score (nSPS) is 21.8. The summed E-state index contributed by atoms with van der Waals surface area (Å²) in [5.41, 5.74) is 5.67. The molecular formula is C8H11N5. The molecule has 0 radical (unpaired) electrons. The number of nitrogens with two attached hydrogens (primary N) is 1. The third-order valence-electron chi connectivity index (χ3n) is 2.02. The van der Waals surface area contributed by atoms with Crippen molar-refractivity contribution in [3.8, 4) is 0 Å². The zero-order valence-corrected chi connectivity index (χ0v) is 7.38. The molecule has 1 atom stereocenters. The summed E-state index contributed by atoms with van der Waals surface area (Å²) in [6.07, 6.45) is 3.20. The first-order valence-corrected chi connectivity index (χ1v) is 4.15. The van der Waals surface area contributed by atoms with Gasteiger partial charge in [-0.05, 0) is 0 Å². The maximum absolute atomic E-state index is 5.67. The summed E-state index contributed by atoms with van der Waals surface area (Å²) < 4.78 is 0. The van der Waals surface area contributed by atoms with Crippen LogP contribution in [-0.2, 0) is 0 Å². The van der Waals surface area contributed by atoms with Crippen LogP contribution in [0.4, 0.5) is 5.82 Å². The molecule has 0 amide bonds. The molecule has 0 fully saturated rings. The Balaban J connectivity index is 2.22. The predicted molar refractivity (Wildman–Crippen MR) is 50.2 cm³/mol. The molecule has 0 saturated heterocycles. The highest BCUT2D eigenvalue weighted by Crippen LogP contribution is 2.17. The van der Waals surface area contributed by atoms with Gasteiger partial charge in [-0.15, -0.1) is 0 Å². The fourth-order valence-corrected chi connectivity index (χ4v) is 1.21. The molecule has 5 nitrogen and oxygen atoms in total. The monoisotopic (exact) mass is 177 g/mol. The highest BCUT2D eigenvalue weighted by molar-refractivity contribution is 5.86. The number of rotatable bonds is 1. The van der Waals surface area contributed by atoms with Crippen molar-refractivity contribution in [1.82, 2.24) is 9.97 Å². The van der Waals surface area contributed by atoms with E-state index in [0.29, 0.717) is 11.8 Å². The lowest BCUT2D eigenvalue weighted by molar-refractivity contribution is 0.762. The lowest BCUT2D eigenvalue weighted by atomic mass is 10.2. The van der Waals surface area contributed by atoms with Crippen molar-refractivity contribution >= 4 is 11.7 Å². The standard InChI is InChI=1S/C8H11N5/c1-6-4-13(12-8(6)9)7-2-3-10-5-11-7/h2-3,5-6H,4H2,1H3,(H2,9,12). The second-order valence-electron chi connectivity index (χ2n) is 3.08. The highest BCUT2D eigenvalue weighted by atomic mass is 15.5. The molecule has 1 aliphatic heterocycles. The molecule has 1 aliphatic rings. The largest absolute Gasteiger partial charge is 0.385 e. The van der Waals surface area contributed by atoms with Crippen molar-refractivity contribution in [1.29, 1.82) is 0 Å². The van der Waals surface area contributed by atoms with Gasteiger partial charge in [0.25, 0.3) is 0 Å². The van der Waals surface area contributed by atoms with Crippen LogP contribution in [0.5, 0.6) is 0 Å². The number of aromatic nitrogens is 2. The Hall–Kier alpha value is -1.65. The predicted octanol–water partition coefficient (Wildman–Crippen LogP) is 0.205. The Kier molecular flexibility index (Phi) is 1.84. The summed E-state index contributed by atoms with van der Waals surface area (Å²) in [6.45, 7) is 2.84. The molecule has 1 aromatic heterocycles. The van der Waals surface area contributed by atoms with Gasteiger partial charge in [-0.1, -0.05) is 6.92 Å². The molecule has 0 aromatic carbocycles. The van der Waals surface area contributed by atoms with E-state index in [4.69, 9.17) is 5.73 Å². The maximum Gasteiger partial charge on any atom is 0.152 e. The molecule has 5 heteroatoms. The van der Waals surface area contributed by atoms with E-state index < -0.39 is 0 Å². The Morgan fingerprint density at radius 2 is 2.46 bits per heavy atom. The van der Waals surface area contributed by atoms with Crippen molar-refractivity contribution < 1.29 is 0 Å². The van der Waals surface area contributed by atoms with Gasteiger partial charge in [0.1, 0.15) is 12.2 Å². The quantitative estimate of drug-likeness (QED) is 0.665. The van der Waals surface area contributed by atoms with Crippen LogP contribution in [0.3, 0.4) is 0 Å². The van der Waals surface area contributed by atoms with Crippen LogP contribution in [0, 0.1) is 5.92 Å². The van der Waals surface area contributed by atoms with E-state index in [1.807, 2.05) is 13.0 Å². The number of amidine groups is 1. The molecule has 2 N–H and O–H groups in total. The fraction of sp³-hybridized carbons (Fsp3) is 0.375. The molecule has 0 bridgehead atoms. The van der Waals surface area contributed by atoms with Gasteiger partial charge in [0.2, 0.25) is 0 Å². The zero-order valence-electron chi connectivity index (χ0n) is 7.38. The second kappa shape index (κ2) is 3.01. The Morgan fingerprint density at radius 3 is 3.00 bits per heavy atom. The van der Waals surface area contributed by atoms with Crippen LogP contribution >= 0.6 is 0 Å². The van der Waals surface area contributed by atoms with Crippen LogP contribution in [0.15, 0.2) is 23.7 Å². The van der Waals surface area contributed by atoms with E-state index in [2.05, 4.69) is 15.1 Å². The van der Waals surface area contributed by atoms with Crippen molar-refractivity contribution in [2.24, 2.45) is 16.8 Å². The number of anilines is 1. The molecule has 13 heavy (non-hydrogen) atoms. The fourth-order valence-electron chi connectivity index (χ4n) is 1.21. The van der Waals surface area contributed by atoms with Crippen molar-refractivity contribution in [3.63, 3.8) is 0 Å². The van der Waals surface area contributed by atoms with E-state index in [1.165, 1.54) is 6.33 Å². The maximum atomic E-state index is 5.67. The van der Waals surface area contributed by atoms with Crippen LogP contribution in [-0.4, -0.2) is 22.3 Å². The number of hydrazone groups is 1. The third kappa shape index (κ3) is 1.44. The zero-order chi connectivity index (χ0) is 9.26. The first-order valence-electron chi connectivity index (χ1n) is 4.15. The van der Waals surface area contributed by atoms with E-state index in [1.54, 1.807) is 11.2 Å². The Bertz CT molecular complexity index is 321. The highest BCUT2D eigenvalue weighted by Gasteiger charge is 2.21. The number of hydrogen-bond acceptors (Lipinski definition) is 5. The van der Waals surface area contributed by atoms with Gasteiger partial charge < -0.3 is 5.73 Å². The number of hydrogen-bond donors (Lipinski definition) is 1. The molecule has 1 aromatic rings. The SMILES string of the molecule is CC1CN(c2ccncn2)N=C1N. The van der Waals surface area contributed by atoms with Crippen LogP contribution in [0.1, 0.15) is 6.92 Å². The molecule has 2 heterocycles. The molecule has 2 rings (SSSR count). The van der Waals surface area contributed by atoms with Gasteiger partial charge in [0.05, 0.1) is 6.54 Å². The van der Waals surface area contributed by atoms with Crippen molar-refractivity contribution in [2.75, 3.05) is 11.6 Å². The van der Waals surface area contributed by atoms with Crippen molar-refractivity contribution in [2.45, 2.75) is 6.92 Å². The van der Waals surface area contributed by atoms with Gasteiger partial charge in [-0.2, -0.15) is 5.10 Å². The molecule has 0 saturated carbocycles.